The van der Waals surface area contributed by atoms with E-state index >= 15 is 0 Å². The SMILES string of the molecule is CC(C)c1ccc(-c2cc(=O)c3cc(NC(=O)c4ccc5c(c4)OCO5)ccc3o2)cc1. The van der Waals surface area contributed by atoms with Gasteiger partial charge >= 0.3 is 0 Å². The maximum absolute atomic E-state index is 12.8. The summed E-state index contributed by atoms with van der Waals surface area (Å²) in [5.41, 5.74) is 3.28. The molecule has 0 unspecified atom stereocenters. The topological polar surface area (TPSA) is 77.8 Å². The van der Waals surface area contributed by atoms with Gasteiger partial charge in [0.2, 0.25) is 6.79 Å². The minimum atomic E-state index is -0.311. The molecule has 0 fully saturated rings. The van der Waals surface area contributed by atoms with Crippen LogP contribution in [0.3, 0.4) is 0 Å². The van der Waals surface area contributed by atoms with Crippen molar-refractivity contribution in [1.82, 2.24) is 0 Å². The molecule has 6 heteroatoms. The van der Waals surface area contributed by atoms with Crippen LogP contribution in [0.5, 0.6) is 11.5 Å². The van der Waals surface area contributed by atoms with Crippen LogP contribution < -0.4 is 20.2 Å². The standard InChI is InChI=1S/C26H21NO5/c1-15(2)16-3-5-17(6-4-16)24-13-21(28)20-12-19(8-10-22(20)32-24)27-26(29)18-7-9-23-25(11-18)31-14-30-23/h3-13,15H,14H2,1-2H3,(H,27,29). The first-order valence-corrected chi connectivity index (χ1v) is 10.4. The summed E-state index contributed by atoms with van der Waals surface area (Å²) in [7, 11) is 0. The molecule has 3 aromatic carbocycles. The molecule has 2 heterocycles. The minimum absolute atomic E-state index is 0.144. The molecule has 5 rings (SSSR count). The number of fused-ring (bicyclic) bond motifs is 2. The summed E-state index contributed by atoms with van der Waals surface area (Å²) >= 11 is 0. The maximum Gasteiger partial charge on any atom is 0.255 e. The van der Waals surface area contributed by atoms with E-state index in [0.29, 0.717) is 45.4 Å². The summed E-state index contributed by atoms with van der Waals surface area (Å²) in [6.07, 6.45) is 0. The Bertz CT molecular complexity index is 1390. The fraction of sp³-hybridized carbons (Fsp3) is 0.154. The van der Waals surface area contributed by atoms with Crippen molar-refractivity contribution < 1.29 is 18.7 Å². The second-order valence-electron chi connectivity index (χ2n) is 7.98. The molecule has 0 saturated heterocycles. The van der Waals surface area contributed by atoms with Gasteiger partial charge in [0, 0.05) is 22.9 Å². The monoisotopic (exact) mass is 427 g/mol. The molecule has 1 aliphatic heterocycles. The second-order valence-corrected chi connectivity index (χ2v) is 7.98. The number of carbonyl (C=O) groups excluding carboxylic acids is 1. The molecule has 4 aromatic rings. The van der Waals surface area contributed by atoms with Crippen LogP contribution in [0.1, 0.15) is 35.7 Å². The zero-order valence-electron chi connectivity index (χ0n) is 17.7. The van der Waals surface area contributed by atoms with Gasteiger partial charge in [-0.3, -0.25) is 9.59 Å². The smallest absolute Gasteiger partial charge is 0.255 e. The number of benzene rings is 3. The van der Waals surface area contributed by atoms with Crippen molar-refractivity contribution in [1.29, 1.82) is 0 Å². The molecular weight excluding hydrogens is 406 g/mol. The number of amides is 1. The average Bonchev–Trinajstić information content (AvgIpc) is 3.27. The van der Waals surface area contributed by atoms with Crippen molar-refractivity contribution in [3.8, 4) is 22.8 Å². The van der Waals surface area contributed by atoms with Crippen molar-refractivity contribution in [2.75, 3.05) is 12.1 Å². The minimum Gasteiger partial charge on any atom is -0.456 e. The third-order valence-electron chi connectivity index (χ3n) is 5.48. The largest absolute Gasteiger partial charge is 0.456 e. The number of rotatable bonds is 4. The molecule has 0 radical (unpaired) electrons. The number of hydrogen-bond acceptors (Lipinski definition) is 5. The molecule has 1 aromatic heterocycles. The van der Waals surface area contributed by atoms with Gasteiger partial charge in [0.05, 0.1) is 5.39 Å². The summed E-state index contributed by atoms with van der Waals surface area (Å²) in [5, 5.41) is 3.22. The third kappa shape index (κ3) is 3.71. The van der Waals surface area contributed by atoms with Gasteiger partial charge in [0.1, 0.15) is 11.3 Å². The van der Waals surface area contributed by atoms with Crippen molar-refractivity contribution >= 4 is 22.6 Å². The Balaban J connectivity index is 1.41. The first kappa shape index (κ1) is 19.9. The highest BCUT2D eigenvalue weighted by Crippen LogP contribution is 2.33. The number of ether oxygens (including phenoxy) is 2. The normalized spacial score (nSPS) is 12.3. The first-order valence-electron chi connectivity index (χ1n) is 10.4. The summed E-state index contributed by atoms with van der Waals surface area (Å²) in [6.45, 7) is 4.41. The van der Waals surface area contributed by atoms with E-state index in [2.05, 4.69) is 19.2 Å². The number of anilines is 1. The molecule has 0 spiro atoms. The van der Waals surface area contributed by atoms with Crippen LogP contribution in [0.4, 0.5) is 5.69 Å². The first-order chi connectivity index (χ1) is 15.5. The molecule has 6 nitrogen and oxygen atoms in total. The van der Waals surface area contributed by atoms with Crippen LogP contribution in [0.15, 0.2) is 75.9 Å². The highest BCUT2D eigenvalue weighted by atomic mass is 16.7. The van der Waals surface area contributed by atoms with Crippen LogP contribution in [-0.4, -0.2) is 12.7 Å². The fourth-order valence-electron chi connectivity index (χ4n) is 3.65. The van der Waals surface area contributed by atoms with Crippen LogP contribution in [0.25, 0.3) is 22.3 Å². The van der Waals surface area contributed by atoms with Gasteiger partial charge in [-0.05, 0) is 47.9 Å². The van der Waals surface area contributed by atoms with Crippen LogP contribution >= 0.6 is 0 Å². The van der Waals surface area contributed by atoms with E-state index in [0.717, 1.165) is 5.56 Å². The number of carbonyl (C=O) groups is 1. The summed E-state index contributed by atoms with van der Waals surface area (Å²) in [5.74, 6) is 1.77. The summed E-state index contributed by atoms with van der Waals surface area (Å²) in [4.78, 5) is 25.4. The Labute approximate surface area is 184 Å². The number of nitrogens with one attached hydrogen (secondary N) is 1. The molecule has 32 heavy (non-hydrogen) atoms. The summed E-state index contributed by atoms with van der Waals surface area (Å²) in [6, 6.07) is 19.5. The molecule has 0 aliphatic carbocycles. The van der Waals surface area contributed by atoms with Crippen LogP contribution in [-0.2, 0) is 0 Å². The zero-order chi connectivity index (χ0) is 22.2. The van der Waals surface area contributed by atoms with Gasteiger partial charge in [-0.25, -0.2) is 0 Å². The molecule has 1 aliphatic rings. The van der Waals surface area contributed by atoms with Crippen LogP contribution in [0, 0.1) is 0 Å². The van der Waals surface area contributed by atoms with Gasteiger partial charge < -0.3 is 19.2 Å². The Morgan fingerprint density at radius 2 is 1.69 bits per heavy atom. The lowest BCUT2D eigenvalue weighted by Gasteiger charge is -2.09. The maximum atomic E-state index is 12.8. The van der Waals surface area contributed by atoms with Crippen molar-refractivity contribution in [2.24, 2.45) is 0 Å². The van der Waals surface area contributed by atoms with Crippen molar-refractivity contribution in [3.05, 3.63) is 88.1 Å². The van der Waals surface area contributed by atoms with E-state index in [-0.39, 0.29) is 18.1 Å². The molecule has 0 bridgehead atoms. The molecule has 0 atom stereocenters. The predicted octanol–water partition coefficient (Wildman–Crippen LogP) is 5.56. The Morgan fingerprint density at radius 3 is 2.47 bits per heavy atom. The molecule has 1 N–H and O–H groups in total. The van der Waals surface area contributed by atoms with Gasteiger partial charge in [-0.15, -0.1) is 0 Å². The molecular formula is C26H21NO5. The number of hydrogen-bond donors (Lipinski definition) is 1. The van der Waals surface area contributed by atoms with E-state index in [4.69, 9.17) is 13.9 Å². The van der Waals surface area contributed by atoms with Crippen LogP contribution in [0.2, 0.25) is 0 Å². The molecule has 160 valence electrons. The Hall–Kier alpha value is -4.06. The lowest BCUT2D eigenvalue weighted by molar-refractivity contribution is 0.102. The predicted molar refractivity (Wildman–Crippen MR) is 123 cm³/mol. The van der Waals surface area contributed by atoms with E-state index < -0.39 is 0 Å². The Morgan fingerprint density at radius 1 is 0.906 bits per heavy atom. The molecule has 1 amide bonds. The summed E-state index contributed by atoms with van der Waals surface area (Å²) < 4.78 is 16.6. The van der Waals surface area contributed by atoms with Crippen molar-refractivity contribution in [2.45, 2.75) is 19.8 Å². The highest BCUT2D eigenvalue weighted by molar-refractivity contribution is 6.05. The Kier molecular flexibility index (Phi) is 4.90. The van der Waals surface area contributed by atoms with Gasteiger partial charge in [-0.1, -0.05) is 38.1 Å². The van der Waals surface area contributed by atoms with Gasteiger partial charge in [-0.2, -0.15) is 0 Å². The molecule has 0 saturated carbocycles. The van der Waals surface area contributed by atoms with Gasteiger partial charge in [0.15, 0.2) is 16.9 Å². The lowest BCUT2D eigenvalue weighted by Crippen LogP contribution is -2.12. The lowest BCUT2D eigenvalue weighted by atomic mass is 10.0. The quantitative estimate of drug-likeness (QED) is 0.461. The van der Waals surface area contributed by atoms with E-state index in [1.165, 1.54) is 11.6 Å². The van der Waals surface area contributed by atoms with E-state index in [9.17, 15) is 9.59 Å². The average molecular weight is 427 g/mol. The van der Waals surface area contributed by atoms with E-state index in [1.54, 1.807) is 36.4 Å². The third-order valence-corrected chi connectivity index (χ3v) is 5.48. The van der Waals surface area contributed by atoms with Crippen molar-refractivity contribution in [3.63, 3.8) is 0 Å². The highest BCUT2D eigenvalue weighted by Gasteiger charge is 2.17. The fourth-order valence-corrected chi connectivity index (χ4v) is 3.65. The zero-order valence-corrected chi connectivity index (χ0v) is 17.7. The van der Waals surface area contributed by atoms with Gasteiger partial charge in [0.25, 0.3) is 5.91 Å². The second kappa shape index (κ2) is 7.89. The van der Waals surface area contributed by atoms with E-state index in [1.807, 2.05) is 24.3 Å².